The molecule has 2 rings (SSSR count). The molecule has 7 nitrogen and oxygen atoms in total. The Morgan fingerprint density at radius 3 is 2.71 bits per heavy atom. The van der Waals surface area contributed by atoms with Crippen molar-refractivity contribution >= 4 is 5.91 Å². The van der Waals surface area contributed by atoms with Crippen molar-refractivity contribution in [2.24, 2.45) is 5.73 Å². The summed E-state index contributed by atoms with van der Waals surface area (Å²) < 4.78 is 1.54. The summed E-state index contributed by atoms with van der Waals surface area (Å²) >= 11 is 0. The SMILES string of the molecule is CN1CCN(C(=O)Cn2cnc(CN)n2)CC1. The van der Waals surface area contributed by atoms with Gasteiger partial charge in [0.15, 0.2) is 5.82 Å². The topological polar surface area (TPSA) is 80.3 Å². The van der Waals surface area contributed by atoms with Gasteiger partial charge in [0.05, 0.1) is 6.54 Å². The normalized spacial score (nSPS) is 17.4. The molecule has 7 heteroatoms. The average Bonchev–Trinajstić information content (AvgIpc) is 2.77. The summed E-state index contributed by atoms with van der Waals surface area (Å²) in [5, 5.41) is 4.10. The van der Waals surface area contributed by atoms with Crippen LogP contribution in [0.2, 0.25) is 0 Å². The van der Waals surface area contributed by atoms with Crippen LogP contribution in [0.3, 0.4) is 0 Å². The smallest absolute Gasteiger partial charge is 0.244 e. The van der Waals surface area contributed by atoms with E-state index < -0.39 is 0 Å². The fraction of sp³-hybridized carbons (Fsp3) is 0.700. The highest BCUT2D eigenvalue weighted by Crippen LogP contribution is 2.01. The number of carbonyl (C=O) groups excluding carboxylic acids is 1. The monoisotopic (exact) mass is 238 g/mol. The van der Waals surface area contributed by atoms with Gasteiger partial charge in [0, 0.05) is 26.2 Å². The highest BCUT2D eigenvalue weighted by atomic mass is 16.2. The van der Waals surface area contributed by atoms with E-state index in [-0.39, 0.29) is 12.5 Å². The Kier molecular flexibility index (Phi) is 3.70. The largest absolute Gasteiger partial charge is 0.339 e. The Morgan fingerprint density at radius 1 is 1.41 bits per heavy atom. The minimum absolute atomic E-state index is 0.0894. The van der Waals surface area contributed by atoms with Crippen LogP contribution in [-0.4, -0.2) is 63.7 Å². The van der Waals surface area contributed by atoms with Crippen LogP contribution in [0.5, 0.6) is 0 Å². The zero-order chi connectivity index (χ0) is 12.3. The molecule has 1 aromatic rings. The number of likely N-dealkylation sites (N-methyl/N-ethyl adjacent to an activating group) is 1. The summed E-state index contributed by atoms with van der Waals surface area (Å²) in [4.78, 5) is 20.0. The first-order chi connectivity index (χ1) is 8.19. The first kappa shape index (κ1) is 12.0. The Balaban J connectivity index is 1.88. The molecular weight excluding hydrogens is 220 g/mol. The van der Waals surface area contributed by atoms with Crippen LogP contribution < -0.4 is 5.73 Å². The minimum Gasteiger partial charge on any atom is -0.339 e. The number of rotatable bonds is 3. The van der Waals surface area contributed by atoms with Gasteiger partial charge < -0.3 is 15.5 Å². The lowest BCUT2D eigenvalue weighted by Crippen LogP contribution is -2.48. The van der Waals surface area contributed by atoms with Gasteiger partial charge in [-0.3, -0.25) is 4.79 Å². The third-order valence-corrected chi connectivity index (χ3v) is 2.92. The molecular formula is C10H18N6O. The molecule has 2 N–H and O–H groups in total. The summed E-state index contributed by atoms with van der Waals surface area (Å²) in [6.07, 6.45) is 1.55. The Hall–Kier alpha value is -1.47. The van der Waals surface area contributed by atoms with Crippen LogP contribution >= 0.6 is 0 Å². The number of hydrogen-bond acceptors (Lipinski definition) is 5. The number of amides is 1. The predicted octanol–water partition coefficient (Wildman–Crippen LogP) is -1.49. The van der Waals surface area contributed by atoms with Crippen LogP contribution in [0.4, 0.5) is 0 Å². The van der Waals surface area contributed by atoms with E-state index in [1.165, 1.54) is 0 Å². The van der Waals surface area contributed by atoms with Gasteiger partial charge in [-0.05, 0) is 7.05 Å². The van der Waals surface area contributed by atoms with Crippen molar-refractivity contribution in [2.45, 2.75) is 13.1 Å². The van der Waals surface area contributed by atoms with Gasteiger partial charge in [0.1, 0.15) is 12.9 Å². The standard InChI is InChI=1S/C10H18N6O/c1-14-2-4-15(5-3-14)10(17)7-16-8-12-9(6-11)13-16/h8H,2-7,11H2,1H3. The molecule has 1 aliphatic heterocycles. The molecule has 0 aliphatic carbocycles. The first-order valence-corrected chi connectivity index (χ1v) is 5.74. The molecule has 0 saturated carbocycles. The lowest BCUT2D eigenvalue weighted by Gasteiger charge is -2.32. The molecule has 0 radical (unpaired) electrons. The number of piperazine rings is 1. The van der Waals surface area contributed by atoms with Gasteiger partial charge in [-0.25, -0.2) is 9.67 Å². The van der Waals surface area contributed by atoms with Crippen molar-refractivity contribution in [3.05, 3.63) is 12.2 Å². The van der Waals surface area contributed by atoms with Crippen LogP contribution in [-0.2, 0) is 17.9 Å². The van der Waals surface area contributed by atoms with E-state index >= 15 is 0 Å². The molecule has 0 spiro atoms. The molecule has 0 bridgehead atoms. The van der Waals surface area contributed by atoms with E-state index in [2.05, 4.69) is 22.0 Å². The fourth-order valence-corrected chi connectivity index (χ4v) is 1.80. The highest BCUT2D eigenvalue weighted by Gasteiger charge is 2.19. The third kappa shape index (κ3) is 3.01. The molecule has 0 atom stereocenters. The van der Waals surface area contributed by atoms with Gasteiger partial charge in [-0.1, -0.05) is 0 Å². The van der Waals surface area contributed by atoms with Crippen molar-refractivity contribution in [3.63, 3.8) is 0 Å². The molecule has 94 valence electrons. The van der Waals surface area contributed by atoms with E-state index in [4.69, 9.17) is 5.73 Å². The van der Waals surface area contributed by atoms with Crippen molar-refractivity contribution in [1.29, 1.82) is 0 Å². The minimum atomic E-state index is 0.0894. The van der Waals surface area contributed by atoms with Gasteiger partial charge in [-0.15, -0.1) is 0 Å². The molecule has 1 aromatic heterocycles. The van der Waals surface area contributed by atoms with Crippen molar-refractivity contribution in [3.8, 4) is 0 Å². The molecule has 1 fully saturated rings. The van der Waals surface area contributed by atoms with E-state index in [1.807, 2.05) is 4.90 Å². The number of nitrogens with zero attached hydrogens (tertiary/aromatic N) is 5. The summed E-state index contributed by atoms with van der Waals surface area (Å²) in [5.41, 5.74) is 5.41. The lowest BCUT2D eigenvalue weighted by atomic mass is 10.3. The van der Waals surface area contributed by atoms with Gasteiger partial charge in [-0.2, -0.15) is 5.10 Å². The van der Waals surface area contributed by atoms with Crippen LogP contribution in [0.1, 0.15) is 5.82 Å². The van der Waals surface area contributed by atoms with Crippen LogP contribution in [0.15, 0.2) is 6.33 Å². The van der Waals surface area contributed by atoms with E-state index in [9.17, 15) is 4.79 Å². The molecule has 1 amide bonds. The second-order valence-electron chi connectivity index (χ2n) is 4.25. The number of hydrogen-bond donors (Lipinski definition) is 1. The van der Waals surface area contributed by atoms with Gasteiger partial charge in [0.2, 0.25) is 5.91 Å². The van der Waals surface area contributed by atoms with E-state index in [1.54, 1.807) is 11.0 Å². The number of aromatic nitrogens is 3. The predicted molar refractivity (Wildman–Crippen MR) is 62.0 cm³/mol. The molecule has 2 heterocycles. The van der Waals surface area contributed by atoms with Crippen molar-refractivity contribution < 1.29 is 4.79 Å². The molecule has 1 aliphatic rings. The summed E-state index contributed by atoms with van der Waals surface area (Å²) in [5.74, 6) is 0.655. The van der Waals surface area contributed by atoms with Crippen molar-refractivity contribution in [2.75, 3.05) is 33.2 Å². The number of carbonyl (C=O) groups is 1. The van der Waals surface area contributed by atoms with Crippen LogP contribution in [0.25, 0.3) is 0 Å². The lowest BCUT2D eigenvalue weighted by molar-refractivity contribution is -0.133. The van der Waals surface area contributed by atoms with E-state index in [0.29, 0.717) is 12.4 Å². The Labute approximate surface area is 100 Å². The molecule has 0 unspecified atom stereocenters. The first-order valence-electron chi connectivity index (χ1n) is 5.74. The number of nitrogens with two attached hydrogens (primary N) is 1. The quantitative estimate of drug-likeness (QED) is 0.694. The highest BCUT2D eigenvalue weighted by molar-refractivity contribution is 5.76. The molecule has 17 heavy (non-hydrogen) atoms. The second kappa shape index (κ2) is 5.24. The summed E-state index contributed by atoms with van der Waals surface area (Å²) in [7, 11) is 2.06. The van der Waals surface area contributed by atoms with E-state index in [0.717, 1.165) is 26.2 Å². The zero-order valence-electron chi connectivity index (χ0n) is 10.0. The Morgan fingerprint density at radius 2 is 2.12 bits per heavy atom. The summed E-state index contributed by atoms with van der Waals surface area (Å²) in [6.45, 7) is 3.97. The molecule has 0 aromatic carbocycles. The maximum absolute atomic E-state index is 12.0. The van der Waals surface area contributed by atoms with Gasteiger partial charge in [0.25, 0.3) is 0 Å². The molecule has 1 saturated heterocycles. The zero-order valence-corrected chi connectivity index (χ0v) is 10.0. The third-order valence-electron chi connectivity index (χ3n) is 2.92. The summed E-state index contributed by atoms with van der Waals surface area (Å²) in [6, 6.07) is 0. The second-order valence-corrected chi connectivity index (χ2v) is 4.25. The van der Waals surface area contributed by atoms with Crippen molar-refractivity contribution in [1.82, 2.24) is 24.6 Å². The maximum atomic E-state index is 12.0. The average molecular weight is 238 g/mol. The van der Waals surface area contributed by atoms with Gasteiger partial charge >= 0.3 is 0 Å². The Bertz CT molecular complexity index is 382. The van der Waals surface area contributed by atoms with Crippen LogP contribution in [0, 0.1) is 0 Å². The maximum Gasteiger partial charge on any atom is 0.244 e. The fourth-order valence-electron chi connectivity index (χ4n) is 1.80.